The van der Waals surface area contributed by atoms with Crippen LogP contribution in [0.4, 0.5) is 4.39 Å². The molecule has 2 aromatic carbocycles. The van der Waals surface area contributed by atoms with Crippen LogP contribution in [0.15, 0.2) is 53.1 Å². The zero-order chi connectivity index (χ0) is 19.5. The Morgan fingerprint density at radius 3 is 2.64 bits per heavy atom. The Hall–Kier alpha value is -3.06. The van der Waals surface area contributed by atoms with Crippen LogP contribution in [-0.4, -0.2) is 52.0 Å². The number of aryl methyl sites for hydroxylation is 1. The van der Waals surface area contributed by atoms with E-state index in [-0.39, 0.29) is 11.5 Å². The fourth-order valence-corrected chi connectivity index (χ4v) is 3.33. The maximum Gasteiger partial charge on any atom is 0.257 e. The van der Waals surface area contributed by atoms with Gasteiger partial charge in [-0.25, -0.2) is 4.39 Å². The molecule has 2 heterocycles. The lowest BCUT2D eigenvalue weighted by molar-refractivity contribution is 0.0620. The van der Waals surface area contributed by atoms with Crippen LogP contribution in [-0.2, 0) is 6.54 Å². The van der Waals surface area contributed by atoms with Crippen LogP contribution in [0, 0.1) is 12.7 Å². The Morgan fingerprint density at radius 2 is 1.89 bits per heavy atom. The Labute approximate surface area is 162 Å². The van der Waals surface area contributed by atoms with E-state index in [0.29, 0.717) is 44.4 Å². The van der Waals surface area contributed by atoms with E-state index in [4.69, 9.17) is 4.52 Å². The average molecular weight is 380 g/mol. The van der Waals surface area contributed by atoms with Crippen LogP contribution in [0.1, 0.15) is 21.7 Å². The monoisotopic (exact) mass is 380 g/mol. The number of piperazine rings is 1. The van der Waals surface area contributed by atoms with Gasteiger partial charge >= 0.3 is 0 Å². The molecule has 4 rings (SSSR count). The van der Waals surface area contributed by atoms with Crippen LogP contribution in [0.5, 0.6) is 0 Å². The lowest BCUT2D eigenvalue weighted by atomic mass is 10.1. The van der Waals surface area contributed by atoms with Gasteiger partial charge in [-0.1, -0.05) is 35.0 Å². The zero-order valence-corrected chi connectivity index (χ0v) is 15.6. The average Bonchev–Trinajstić information content (AvgIpc) is 3.17. The number of carbonyl (C=O) groups excluding carboxylic acids is 1. The molecule has 0 saturated carbocycles. The summed E-state index contributed by atoms with van der Waals surface area (Å²) in [5.41, 5.74) is 2.16. The standard InChI is InChI=1S/C21H21FN4O2/c1-15-5-4-6-16(13-15)20-23-19(24-28-20)14-25-9-11-26(12-10-25)21(27)17-7-2-3-8-18(17)22/h2-8,13H,9-12,14H2,1H3. The molecule has 0 spiro atoms. The molecule has 6 nitrogen and oxygen atoms in total. The summed E-state index contributed by atoms with van der Waals surface area (Å²) >= 11 is 0. The minimum absolute atomic E-state index is 0.122. The van der Waals surface area contributed by atoms with Crippen molar-refractivity contribution in [3.63, 3.8) is 0 Å². The third-order valence-electron chi connectivity index (χ3n) is 4.86. The Morgan fingerprint density at radius 1 is 1.11 bits per heavy atom. The van der Waals surface area contributed by atoms with E-state index in [1.807, 2.05) is 31.2 Å². The predicted molar refractivity (Wildman–Crippen MR) is 102 cm³/mol. The molecule has 7 heteroatoms. The SMILES string of the molecule is Cc1cccc(-c2nc(CN3CCN(C(=O)c4ccccc4F)CC3)no2)c1. The second-order valence-electron chi connectivity index (χ2n) is 6.93. The highest BCUT2D eigenvalue weighted by molar-refractivity contribution is 5.94. The highest BCUT2D eigenvalue weighted by Crippen LogP contribution is 2.19. The molecule has 28 heavy (non-hydrogen) atoms. The number of amides is 1. The van der Waals surface area contributed by atoms with E-state index >= 15 is 0 Å². The van der Waals surface area contributed by atoms with Gasteiger partial charge in [0.2, 0.25) is 0 Å². The summed E-state index contributed by atoms with van der Waals surface area (Å²) in [5, 5.41) is 4.07. The lowest BCUT2D eigenvalue weighted by Crippen LogP contribution is -2.48. The highest BCUT2D eigenvalue weighted by atomic mass is 19.1. The van der Waals surface area contributed by atoms with Crippen LogP contribution < -0.4 is 0 Å². The lowest BCUT2D eigenvalue weighted by Gasteiger charge is -2.34. The molecule has 1 fully saturated rings. The van der Waals surface area contributed by atoms with E-state index in [9.17, 15) is 9.18 Å². The maximum atomic E-state index is 13.8. The summed E-state index contributed by atoms with van der Waals surface area (Å²) in [6, 6.07) is 14.0. The van der Waals surface area contributed by atoms with Gasteiger partial charge < -0.3 is 9.42 Å². The van der Waals surface area contributed by atoms with Crippen molar-refractivity contribution in [3.8, 4) is 11.5 Å². The van der Waals surface area contributed by atoms with Crippen LogP contribution in [0.25, 0.3) is 11.5 Å². The molecule has 0 bridgehead atoms. The molecular formula is C21H21FN4O2. The molecule has 0 unspecified atom stereocenters. The van der Waals surface area contributed by atoms with Gasteiger partial charge in [0.05, 0.1) is 12.1 Å². The fraction of sp³-hybridized carbons (Fsp3) is 0.286. The smallest absolute Gasteiger partial charge is 0.257 e. The molecule has 1 saturated heterocycles. The van der Waals surface area contributed by atoms with Crippen molar-refractivity contribution in [3.05, 3.63) is 71.3 Å². The van der Waals surface area contributed by atoms with Gasteiger partial charge in [-0.3, -0.25) is 9.69 Å². The predicted octanol–water partition coefficient (Wildman–Crippen LogP) is 3.14. The van der Waals surface area contributed by atoms with Crippen molar-refractivity contribution in [1.29, 1.82) is 0 Å². The minimum Gasteiger partial charge on any atom is -0.336 e. The van der Waals surface area contributed by atoms with E-state index in [0.717, 1.165) is 11.1 Å². The summed E-state index contributed by atoms with van der Waals surface area (Å²) in [6.07, 6.45) is 0. The van der Waals surface area contributed by atoms with Gasteiger partial charge in [0.1, 0.15) is 5.82 Å². The number of carbonyl (C=O) groups is 1. The molecule has 1 aliphatic heterocycles. The first-order valence-electron chi connectivity index (χ1n) is 9.26. The van der Waals surface area contributed by atoms with Crippen molar-refractivity contribution in [1.82, 2.24) is 19.9 Å². The molecule has 144 valence electrons. The van der Waals surface area contributed by atoms with E-state index in [1.165, 1.54) is 12.1 Å². The Bertz CT molecular complexity index is 980. The van der Waals surface area contributed by atoms with Gasteiger partial charge in [-0.2, -0.15) is 4.98 Å². The number of hydrogen-bond donors (Lipinski definition) is 0. The summed E-state index contributed by atoms with van der Waals surface area (Å²) < 4.78 is 19.2. The summed E-state index contributed by atoms with van der Waals surface area (Å²) in [5.74, 6) is 0.377. The zero-order valence-electron chi connectivity index (χ0n) is 15.6. The topological polar surface area (TPSA) is 62.5 Å². The van der Waals surface area contributed by atoms with Gasteiger partial charge in [0.15, 0.2) is 5.82 Å². The van der Waals surface area contributed by atoms with Crippen LogP contribution >= 0.6 is 0 Å². The third-order valence-corrected chi connectivity index (χ3v) is 4.86. The quantitative estimate of drug-likeness (QED) is 0.696. The van der Waals surface area contributed by atoms with Gasteiger partial charge in [-0.15, -0.1) is 0 Å². The number of nitrogens with zero attached hydrogens (tertiary/aromatic N) is 4. The number of rotatable bonds is 4. The van der Waals surface area contributed by atoms with Gasteiger partial charge in [-0.05, 0) is 31.2 Å². The van der Waals surface area contributed by atoms with Crippen molar-refractivity contribution in [2.75, 3.05) is 26.2 Å². The number of hydrogen-bond acceptors (Lipinski definition) is 5. The highest BCUT2D eigenvalue weighted by Gasteiger charge is 2.24. The molecular weight excluding hydrogens is 359 g/mol. The van der Waals surface area contributed by atoms with Crippen molar-refractivity contribution >= 4 is 5.91 Å². The second-order valence-corrected chi connectivity index (χ2v) is 6.93. The molecule has 0 atom stereocenters. The Balaban J connectivity index is 1.35. The molecule has 0 N–H and O–H groups in total. The minimum atomic E-state index is -0.481. The van der Waals surface area contributed by atoms with E-state index < -0.39 is 5.82 Å². The summed E-state index contributed by atoms with van der Waals surface area (Å²) in [6.45, 7) is 4.99. The van der Waals surface area contributed by atoms with Crippen molar-refractivity contribution in [2.45, 2.75) is 13.5 Å². The summed E-state index contributed by atoms with van der Waals surface area (Å²) in [4.78, 5) is 20.8. The first kappa shape index (κ1) is 18.3. The van der Waals surface area contributed by atoms with Gasteiger partial charge in [0, 0.05) is 31.7 Å². The van der Waals surface area contributed by atoms with Crippen molar-refractivity contribution < 1.29 is 13.7 Å². The number of benzene rings is 2. The number of halogens is 1. The van der Waals surface area contributed by atoms with Crippen LogP contribution in [0.3, 0.4) is 0 Å². The molecule has 1 aromatic heterocycles. The second kappa shape index (κ2) is 7.90. The van der Waals surface area contributed by atoms with E-state index in [1.54, 1.807) is 17.0 Å². The molecule has 1 amide bonds. The van der Waals surface area contributed by atoms with E-state index in [2.05, 4.69) is 15.0 Å². The molecule has 0 aliphatic carbocycles. The Kier molecular flexibility index (Phi) is 5.16. The first-order chi connectivity index (χ1) is 13.6. The maximum absolute atomic E-state index is 13.8. The normalized spacial score (nSPS) is 15.0. The molecule has 1 aliphatic rings. The van der Waals surface area contributed by atoms with Gasteiger partial charge in [0.25, 0.3) is 11.8 Å². The van der Waals surface area contributed by atoms with Crippen LogP contribution in [0.2, 0.25) is 0 Å². The molecule has 3 aromatic rings. The fourth-order valence-electron chi connectivity index (χ4n) is 3.33. The number of aromatic nitrogens is 2. The largest absolute Gasteiger partial charge is 0.336 e. The first-order valence-corrected chi connectivity index (χ1v) is 9.26. The van der Waals surface area contributed by atoms with Crippen molar-refractivity contribution in [2.24, 2.45) is 0 Å². The third kappa shape index (κ3) is 3.94. The molecule has 0 radical (unpaired) electrons. The summed E-state index contributed by atoms with van der Waals surface area (Å²) in [7, 11) is 0.